The first-order valence-corrected chi connectivity index (χ1v) is 10.5. The van der Waals surface area contributed by atoms with Crippen LogP contribution in [0.5, 0.6) is 0 Å². The molecule has 0 radical (unpaired) electrons. The molecule has 2 aromatic carbocycles. The summed E-state index contributed by atoms with van der Waals surface area (Å²) in [6.07, 6.45) is 1.50. The summed E-state index contributed by atoms with van der Waals surface area (Å²) in [5.74, 6) is -0.291. The maximum atomic E-state index is 12.8. The molecule has 0 spiro atoms. The maximum absolute atomic E-state index is 12.8. The van der Waals surface area contributed by atoms with E-state index in [9.17, 15) is 9.59 Å². The SMILES string of the molecule is O=C(NCc1ccccc1)c1ccc(C(=O)N2CCN(Cc3ccccc3)CC2)cn1. The van der Waals surface area contributed by atoms with E-state index in [-0.39, 0.29) is 11.8 Å². The molecule has 0 atom stereocenters. The average Bonchev–Trinajstić information content (AvgIpc) is 2.84. The quantitative estimate of drug-likeness (QED) is 0.674. The third-order valence-electron chi connectivity index (χ3n) is 5.45. The summed E-state index contributed by atoms with van der Waals surface area (Å²) in [6, 6.07) is 23.4. The normalized spacial score (nSPS) is 14.3. The van der Waals surface area contributed by atoms with E-state index < -0.39 is 0 Å². The molecule has 6 heteroatoms. The highest BCUT2D eigenvalue weighted by Gasteiger charge is 2.22. The second kappa shape index (κ2) is 10.00. The summed E-state index contributed by atoms with van der Waals surface area (Å²) >= 11 is 0. The molecule has 0 unspecified atom stereocenters. The lowest BCUT2D eigenvalue weighted by molar-refractivity contribution is 0.0627. The number of hydrogen-bond donors (Lipinski definition) is 1. The van der Waals surface area contributed by atoms with Gasteiger partial charge in [0.2, 0.25) is 0 Å². The summed E-state index contributed by atoms with van der Waals surface area (Å²) in [4.78, 5) is 33.6. The Hall–Kier alpha value is -3.51. The number of nitrogens with zero attached hydrogens (tertiary/aromatic N) is 3. The number of aromatic nitrogens is 1. The second-order valence-corrected chi connectivity index (χ2v) is 7.65. The predicted molar refractivity (Wildman–Crippen MR) is 119 cm³/mol. The van der Waals surface area contributed by atoms with Crippen molar-refractivity contribution in [3.8, 4) is 0 Å². The number of hydrogen-bond acceptors (Lipinski definition) is 4. The van der Waals surface area contributed by atoms with Crippen molar-refractivity contribution in [2.75, 3.05) is 26.2 Å². The van der Waals surface area contributed by atoms with Crippen molar-refractivity contribution in [3.63, 3.8) is 0 Å². The average molecular weight is 415 g/mol. The van der Waals surface area contributed by atoms with E-state index in [2.05, 4.69) is 27.3 Å². The van der Waals surface area contributed by atoms with Crippen LogP contribution in [0.4, 0.5) is 0 Å². The number of nitrogens with one attached hydrogen (secondary N) is 1. The molecule has 31 heavy (non-hydrogen) atoms. The van der Waals surface area contributed by atoms with Crippen LogP contribution in [0.3, 0.4) is 0 Å². The standard InChI is InChI=1S/C25H26N4O2/c30-24(27-17-20-7-3-1-4-8-20)23-12-11-22(18-26-23)25(31)29-15-13-28(14-16-29)19-21-9-5-2-6-10-21/h1-12,18H,13-17,19H2,(H,27,30). The molecule has 1 aliphatic heterocycles. The van der Waals surface area contributed by atoms with Gasteiger partial charge in [-0.1, -0.05) is 60.7 Å². The van der Waals surface area contributed by atoms with Crippen molar-refractivity contribution in [2.24, 2.45) is 0 Å². The predicted octanol–water partition coefficient (Wildman–Crippen LogP) is 2.97. The van der Waals surface area contributed by atoms with Gasteiger partial charge in [0.1, 0.15) is 5.69 Å². The molecule has 3 aromatic rings. The minimum absolute atomic E-state index is 0.0388. The Kier molecular flexibility index (Phi) is 6.69. The fraction of sp³-hybridized carbons (Fsp3) is 0.240. The lowest BCUT2D eigenvalue weighted by Crippen LogP contribution is -2.48. The van der Waals surface area contributed by atoms with Crippen LogP contribution < -0.4 is 5.32 Å². The van der Waals surface area contributed by atoms with Gasteiger partial charge >= 0.3 is 0 Å². The Morgan fingerprint density at radius 2 is 1.45 bits per heavy atom. The topological polar surface area (TPSA) is 65.5 Å². The molecule has 2 amide bonds. The molecule has 4 rings (SSSR count). The van der Waals surface area contributed by atoms with Gasteiger partial charge in [-0.15, -0.1) is 0 Å². The first-order chi connectivity index (χ1) is 15.2. The van der Waals surface area contributed by atoms with Crippen LogP contribution in [0.1, 0.15) is 32.0 Å². The van der Waals surface area contributed by atoms with E-state index >= 15 is 0 Å². The van der Waals surface area contributed by atoms with Gasteiger partial charge in [-0.25, -0.2) is 0 Å². The Bertz CT molecular complexity index is 999. The second-order valence-electron chi connectivity index (χ2n) is 7.65. The molecule has 1 aromatic heterocycles. The third-order valence-corrected chi connectivity index (χ3v) is 5.45. The number of rotatable bonds is 6. The maximum Gasteiger partial charge on any atom is 0.270 e. The van der Waals surface area contributed by atoms with Crippen LogP contribution in [0.2, 0.25) is 0 Å². The molecule has 158 valence electrons. The Morgan fingerprint density at radius 3 is 2.06 bits per heavy atom. The van der Waals surface area contributed by atoms with E-state index in [1.807, 2.05) is 53.4 Å². The third kappa shape index (κ3) is 5.55. The molecule has 6 nitrogen and oxygen atoms in total. The number of carbonyl (C=O) groups excluding carboxylic acids is 2. The molecule has 1 aliphatic rings. The Morgan fingerprint density at radius 1 is 0.806 bits per heavy atom. The zero-order valence-electron chi connectivity index (χ0n) is 17.4. The highest BCUT2D eigenvalue weighted by atomic mass is 16.2. The van der Waals surface area contributed by atoms with Gasteiger partial charge in [0.15, 0.2) is 0 Å². The molecule has 0 bridgehead atoms. The van der Waals surface area contributed by atoms with Gasteiger partial charge < -0.3 is 10.2 Å². The zero-order valence-corrected chi connectivity index (χ0v) is 17.4. The van der Waals surface area contributed by atoms with Crippen molar-refractivity contribution in [2.45, 2.75) is 13.1 Å². The van der Waals surface area contributed by atoms with Crippen molar-refractivity contribution in [1.82, 2.24) is 20.1 Å². The number of pyridine rings is 1. The van der Waals surface area contributed by atoms with Crippen LogP contribution in [-0.2, 0) is 13.1 Å². The largest absolute Gasteiger partial charge is 0.347 e. The van der Waals surface area contributed by atoms with Gasteiger partial charge in [-0.3, -0.25) is 19.5 Å². The molecule has 1 N–H and O–H groups in total. The number of piperazine rings is 1. The minimum Gasteiger partial charge on any atom is -0.347 e. The first kappa shape index (κ1) is 20.8. The van der Waals surface area contributed by atoms with E-state index in [1.165, 1.54) is 11.8 Å². The Balaban J connectivity index is 1.28. The van der Waals surface area contributed by atoms with E-state index in [0.717, 1.165) is 25.2 Å². The van der Waals surface area contributed by atoms with Crippen LogP contribution in [-0.4, -0.2) is 52.8 Å². The van der Waals surface area contributed by atoms with E-state index in [4.69, 9.17) is 0 Å². The first-order valence-electron chi connectivity index (χ1n) is 10.5. The number of carbonyl (C=O) groups is 2. The summed E-state index contributed by atoms with van der Waals surface area (Å²) in [7, 11) is 0. The van der Waals surface area contributed by atoms with Crippen molar-refractivity contribution in [1.29, 1.82) is 0 Å². The Labute approximate surface area is 182 Å². The molecule has 1 fully saturated rings. The van der Waals surface area contributed by atoms with Crippen LogP contribution in [0, 0.1) is 0 Å². The van der Waals surface area contributed by atoms with Crippen LogP contribution >= 0.6 is 0 Å². The number of benzene rings is 2. The molecular formula is C25H26N4O2. The summed E-state index contributed by atoms with van der Waals surface area (Å²) in [5, 5.41) is 2.85. The van der Waals surface area contributed by atoms with E-state index in [1.54, 1.807) is 12.1 Å². The lowest BCUT2D eigenvalue weighted by Gasteiger charge is -2.34. The fourth-order valence-corrected chi connectivity index (χ4v) is 3.66. The molecular weight excluding hydrogens is 388 g/mol. The molecule has 0 saturated carbocycles. The monoisotopic (exact) mass is 414 g/mol. The summed E-state index contributed by atoms with van der Waals surface area (Å²) in [6.45, 7) is 4.39. The zero-order chi connectivity index (χ0) is 21.5. The van der Waals surface area contributed by atoms with Gasteiger partial charge in [0.25, 0.3) is 11.8 Å². The molecule has 1 saturated heterocycles. The highest BCUT2D eigenvalue weighted by Crippen LogP contribution is 2.12. The number of amides is 2. The lowest BCUT2D eigenvalue weighted by atomic mass is 10.1. The van der Waals surface area contributed by atoms with Gasteiger partial charge in [-0.05, 0) is 23.3 Å². The molecule has 2 heterocycles. The molecule has 0 aliphatic carbocycles. The smallest absolute Gasteiger partial charge is 0.270 e. The van der Waals surface area contributed by atoms with Gasteiger partial charge in [0.05, 0.1) is 5.56 Å². The van der Waals surface area contributed by atoms with Crippen molar-refractivity contribution >= 4 is 11.8 Å². The van der Waals surface area contributed by atoms with Crippen LogP contribution in [0.25, 0.3) is 0 Å². The van der Waals surface area contributed by atoms with Crippen LogP contribution in [0.15, 0.2) is 79.0 Å². The summed E-state index contributed by atoms with van der Waals surface area (Å²) in [5.41, 5.74) is 3.12. The fourth-order valence-electron chi connectivity index (χ4n) is 3.66. The summed E-state index contributed by atoms with van der Waals surface area (Å²) < 4.78 is 0. The minimum atomic E-state index is -0.252. The van der Waals surface area contributed by atoms with Crippen molar-refractivity contribution in [3.05, 3.63) is 101 Å². The van der Waals surface area contributed by atoms with Gasteiger partial charge in [0, 0.05) is 45.5 Å². The highest BCUT2D eigenvalue weighted by molar-refractivity contribution is 5.96. The van der Waals surface area contributed by atoms with Gasteiger partial charge in [-0.2, -0.15) is 0 Å². The van der Waals surface area contributed by atoms with E-state index in [0.29, 0.717) is 30.9 Å². The van der Waals surface area contributed by atoms with Crippen molar-refractivity contribution < 1.29 is 9.59 Å².